The van der Waals surface area contributed by atoms with E-state index in [0.29, 0.717) is 5.33 Å². The summed E-state index contributed by atoms with van der Waals surface area (Å²) in [5.74, 6) is 0. The summed E-state index contributed by atoms with van der Waals surface area (Å²) in [7, 11) is 0. The van der Waals surface area contributed by atoms with Crippen molar-refractivity contribution in [3.05, 3.63) is 26.4 Å². The van der Waals surface area contributed by atoms with Crippen molar-refractivity contribution in [2.75, 3.05) is 0 Å². The van der Waals surface area contributed by atoms with E-state index >= 15 is 0 Å². The van der Waals surface area contributed by atoms with Gasteiger partial charge in [-0.05, 0) is 5.38 Å². The fourth-order valence-electron chi connectivity index (χ4n) is 0.597. The van der Waals surface area contributed by atoms with Crippen molar-refractivity contribution < 1.29 is 4.92 Å². The van der Waals surface area contributed by atoms with Gasteiger partial charge in [-0.3, -0.25) is 10.1 Å². The standard InChI is InChI=1S/C5H4BrNO2S/c6-3-5-4(7(8)9)1-2-10-5/h1-2H,3H2. The van der Waals surface area contributed by atoms with Crippen molar-refractivity contribution in [1.29, 1.82) is 0 Å². The number of thiophene rings is 1. The van der Waals surface area contributed by atoms with Gasteiger partial charge in [0.15, 0.2) is 0 Å². The van der Waals surface area contributed by atoms with Gasteiger partial charge in [0.2, 0.25) is 0 Å². The molecule has 0 spiro atoms. The Labute approximate surface area is 70.0 Å². The van der Waals surface area contributed by atoms with Gasteiger partial charge in [0, 0.05) is 11.4 Å². The molecule has 5 heteroatoms. The van der Waals surface area contributed by atoms with Crippen LogP contribution < -0.4 is 0 Å². The smallest absolute Gasteiger partial charge is 0.258 e. The average molecular weight is 222 g/mol. The van der Waals surface area contributed by atoms with Gasteiger partial charge in [-0.2, -0.15) is 0 Å². The molecule has 54 valence electrons. The van der Waals surface area contributed by atoms with E-state index in [9.17, 15) is 10.1 Å². The summed E-state index contributed by atoms with van der Waals surface area (Å²) < 4.78 is 0. The minimum atomic E-state index is -0.368. The van der Waals surface area contributed by atoms with E-state index in [1.807, 2.05) is 0 Å². The first-order valence-electron chi connectivity index (χ1n) is 2.52. The number of halogens is 1. The summed E-state index contributed by atoms with van der Waals surface area (Å²) in [6.45, 7) is 0. The topological polar surface area (TPSA) is 43.1 Å². The zero-order valence-corrected chi connectivity index (χ0v) is 7.31. The molecule has 1 aromatic rings. The van der Waals surface area contributed by atoms with Crippen molar-refractivity contribution >= 4 is 33.0 Å². The summed E-state index contributed by atoms with van der Waals surface area (Å²) in [5, 5.41) is 12.5. The van der Waals surface area contributed by atoms with Crippen molar-refractivity contribution in [2.24, 2.45) is 0 Å². The lowest BCUT2D eigenvalue weighted by Gasteiger charge is -1.87. The normalized spacial score (nSPS) is 9.70. The van der Waals surface area contributed by atoms with Gasteiger partial charge < -0.3 is 0 Å². The summed E-state index contributed by atoms with van der Waals surface area (Å²) in [6.07, 6.45) is 0. The third-order valence-corrected chi connectivity index (χ3v) is 2.88. The lowest BCUT2D eigenvalue weighted by atomic mass is 10.4. The molecule has 0 fully saturated rings. The van der Waals surface area contributed by atoms with Crippen molar-refractivity contribution in [2.45, 2.75) is 5.33 Å². The van der Waals surface area contributed by atoms with Crippen molar-refractivity contribution in [3.63, 3.8) is 0 Å². The van der Waals surface area contributed by atoms with Crippen LogP contribution in [0.3, 0.4) is 0 Å². The van der Waals surface area contributed by atoms with Crippen LogP contribution in [0.25, 0.3) is 0 Å². The van der Waals surface area contributed by atoms with Crippen LogP contribution in [0.2, 0.25) is 0 Å². The summed E-state index contributed by atoms with van der Waals surface area (Å²) >= 11 is 4.55. The predicted molar refractivity (Wildman–Crippen MR) is 43.6 cm³/mol. The van der Waals surface area contributed by atoms with Gasteiger partial charge in [0.05, 0.1) is 9.80 Å². The van der Waals surface area contributed by atoms with E-state index in [0.717, 1.165) is 4.88 Å². The zero-order valence-electron chi connectivity index (χ0n) is 4.91. The molecule has 0 atom stereocenters. The summed E-state index contributed by atoms with van der Waals surface area (Å²) in [4.78, 5) is 10.6. The molecule has 0 aliphatic rings. The Bertz CT molecular complexity index is 248. The van der Waals surface area contributed by atoms with Crippen molar-refractivity contribution in [1.82, 2.24) is 0 Å². The van der Waals surface area contributed by atoms with Gasteiger partial charge in [0.1, 0.15) is 0 Å². The monoisotopic (exact) mass is 221 g/mol. The molecule has 10 heavy (non-hydrogen) atoms. The number of alkyl halides is 1. The maximum atomic E-state index is 10.2. The van der Waals surface area contributed by atoms with Crippen molar-refractivity contribution in [3.8, 4) is 0 Å². The minimum Gasteiger partial charge on any atom is -0.258 e. The lowest BCUT2D eigenvalue weighted by Crippen LogP contribution is -1.87. The fourth-order valence-corrected chi connectivity index (χ4v) is 1.97. The van der Waals surface area contributed by atoms with Gasteiger partial charge in [-0.25, -0.2) is 0 Å². The second-order valence-corrected chi connectivity index (χ2v) is 3.18. The van der Waals surface area contributed by atoms with Crippen LogP contribution >= 0.6 is 27.3 Å². The van der Waals surface area contributed by atoms with Gasteiger partial charge in [0.25, 0.3) is 5.69 Å². The lowest BCUT2D eigenvalue weighted by molar-refractivity contribution is -0.385. The van der Waals surface area contributed by atoms with Gasteiger partial charge in [-0.15, -0.1) is 11.3 Å². The molecular formula is C5H4BrNO2S. The van der Waals surface area contributed by atoms with Crippen LogP contribution in [0.15, 0.2) is 11.4 Å². The molecule has 0 N–H and O–H groups in total. The fraction of sp³-hybridized carbons (Fsp3) is 0.200. The number of nitro groups is 1. The van der Waals surface area contributed by atoms with Crippen LogP contribution in [0.4, 0.5) is 5.69 Å². The van der Waals surface area contributed by atoms with E-state index in [1.54, 1.807) is 5.38 Å². The molecule has 1 heterocycles. The third kappa shape index (κ3) is 1.35. The molecule has 0 aromatic carbocycles. The van der Waals surface area contributed by atoms with Gasteiger partial charge >= 0.3 is 0 Å². The highest BCUT2D eigenvalue weighted by Gasteiger charge is 2.12. The molecule has 0 saturated carbocycles. The number of rotatable bonds is 2. The third-order valence-electron chi connectivity index (χ3n) is 1.04. The Kier molecular flexibility index (Phi) is 2.39. The van der Waals surface area contributed by atoms with Crippen LogP contribution in [0.5, 0.6) is 0 Å². The molecule has 0 bridgehead atoms. The van der Waals surface area contributed by atoms with E-state index in [4.69, 9.17) is 0 Å². The Morgan fingerprint density at radius 2 is 2.50 bits per heavy atom. The van der Waals surface area contributed by atoms with Crippen LogP contribution in [0.1, 0.15) is 4.88 Å². The first-order chi connectivity index (χ1) is 4.75. The molecule has 1 aromatic heterocycles. The SMILES string of the molecule is O=[N+]([O-])c1ccsc1CBr. The molecule has 0 unspecified atom stereocenters. The van der Waals surface area contributed by atoms with Crippen LogP contribution in [0, 0.1) is 10.1 Å². The Morgan fingerprint density at radius 1 is 1.80 bits per heavy atom. The number of nitrogens with zero attached hydrogens (tertiary/aromatic N) is 1. The van der Waals surface area contributed by atoms with Crippen LogP contribution in [-0.4, -0.2) is 4.92 Å². The summed E-state index contributed by atoms with van der Waals surface area (Å²) in [5.41, 5.74) is 0.210. The zero-order chi connectivity index (χ0) is 7.56. The first-order valence-corrected chi connectivity index (χ1v) is 4.52. The molecule has 0 radical (unpaired) electrons. The number of hydrogen-bond donors (Lipinski definition) is 0. The van der Waals surface area contributed by atoms with Crippen LogP contribution in [-0.2, 0) is 5.33 Å². The quantitative estimate of drug-likeness (QED) is 0.438. The highest BCUT2D eigenvalue weighted by molar-refractivity contribution is 9.08. The molecular weight excluding hydrogens is 218 g/mol. The molecule has 3 nitrogen and oxygen atoms in total. The summed E-state index contributed by atoms with van der Waals surface area (Å²) in [6, 6.07) is 1.52. The molecule has 0 saturated heterocycles. The predicted octanol–water partition coefficient (Wildman–Crippen LogP) is 2.55. The molecule has 1 rings (SSSR count). The van der Waals surface area contributed by atoms with E-state index in [-0.39, 0.29) is 10.6 Å². The number of hydrogen-bond acceptors (Lipinski definition) is 3. The van der Waals surface area contributed by atoms with E-state index in [2.05, 4.69) is 15.9 Å². The van der Waals surface area contributed by atoms with Gasteiger partial charge in [-0.1, -0.05) is 15.9 Å². The minimum absolute atomic E-state index is 0.210. The average Bonchev–Trinajstić information content (AvgIpc) is 2.33. The maximum absolute atomic E-state index is 10.2. The highest BCUT2D eigenvalue weighted by atomic mass is 79.9. The molecule has 0 amide bonds. The Balaban J connectivity index is 3.01. The van der Waals surface area contributed by atoms with E-state index < -0.39 is 0 Å². The molecule has 0 aliphatic carbocycles. The Morgan fingerprint density at radius 3 is 2.90 bits per heavy atom. The van der Waals surface area contributed by atoms with E-state index in [1.165, 1.54) is 17.4 Å². The first kappa shape index (κ1) is 7.68. The maximum Gasteiger partial charge on any atom is 0.284 e. The largest absolute Gasteiger partial charge is 0.284 e. The highest BCUT2D eigenvalue weighted by Crippen LogP contribution is 2.26. The molecule has 0 aliphatic heterocycles. The second kappa shape index (κ2) is 3.12. The Hall–Kier alpha value is -0.420. The second-order valence-electron chi connectivity index (χ2n) is 1.62.